The standard InChI is InChI=1S/C21H16I5O3/c1-10-2-13(4-11-6-15(22)20(28)16(23)7-11)19(27)14(3-10)5-12-8-17(24)21(29)18(9-12)26-25/h2-3,6-9,27-29H,4-5H2,1H3/q-1. The Kier molecular flexibility index (Phi) is 8.86. The van der Waals surface area contributed by atoms with Gasteiger partial charge in [-0.15, -0.1) is 0 Å². The van der Waals surface area contributed by atoms with Gasteiger partial charge >= 0.3 is 229 Å². The van der Waals surface area contributed by atoms with Gasteiger partial charge in [-0.1, -0.05) is 0 Å². The number of aryl methyl sites for hydroxylation is 1. The Morgan fingerprint density at radius 3 is 1.62 bits per heavy atom. The second-order valence-corrected chi connectivity index (χ2v) is 14.5. The summed E-state index contributed by atoms with van der Waals surface area (Å²) < 4.78 is 3.49. The number of hydrogen-bond donors (Lipinski definition) is 3. The van der Waals surface area contributed by atoms with Crippen LogP contribution in [-0.4, -0.2) is 15.3 Å². The molecule has 0 aliphatic carbocycles. The van der Waals surface area contributed by atoms with E-state index in [0.29, 0.717) is 30.1 Å². The number of aromatic hydroxyl groups is 3. The van der Waals surface area contributed by atoms with E-state index in [4.69, 9.17) is 0 Å². The van der Waals surface area contributed by atoms with Gasteiger partial charge in [-0.25, -0.2) is 0 Å². The van der Waals surface area contributed by atoms with E-state index in [1.54, 1.807) is 0 Å². The summed E-state index contributed by atoms with van der Waals surface area (Å²) in [5.74, 6) is 1.02. The number of phenols is 3. The van der Waals surface area contributed by atoms with Gasteiger partial charge in [0.2, 0.25) is 0 Å². The molecule has 154 valence electrons. The molecule has 3 rings (SSSR count). The van der Waals surface area contributed by atoms with E-state index in [9.17, 15) is 15.3 Å². The summed E-state index contributed by atoms with van der Waals surface area (Å²) in [6, 6.07) is 12.0. The Bertz CT molecular complexity index is 1060. The molecular formula is C21H16I5O3-. The summed E-state index contributed by atoms with van der Waals surface area (Å²) in [6.07, 6.45) is 1.22. The van der Waals surface area contributed by atoms with Gasteiger partial charge in [0.1, 0.15) is 0 Å². The monoisotopic (exact) mass is 951 g/mol. The molecule has 3 aromatic rings. The van der Waals surface area contributed by atoms with Crippen molar-refractivity contribution in [3.63, 3.8) is 0 Å². The minimum absolute atomic E-state index is 0.255. The van der Waals surface area contributed by atoms with Crippen molar-refractivity contribution in [1.82, 2.24) is 0 Å². The van der Waals surface area contributed by atoms with Crippen molar-refractivity contribution in [3.05, 3.63) is 78.5 Å². The van der Waals surface area contributed by atoms with Gasteiger partial charge in [0.05, 0.1) is 0 Å². The number of rotatable bonds is 5. The van der Waals surface area contributed by atoms with E-state index >= 15 is 0 Å². The van der Waals surface area contributed by atoms with Gasteiger partial charge in [-0.05, 0) is 0 Å². The Morgan fingerprint density at radius 1 is 0.690 bits per heavy atom. The van der Waals surface area contributed by atoms with Crippen LogP contribution in [0.2, 0.25) is 0 Å². The van der Waals surface area contributed by atoms with E-state index in [1.807, 2.05) is 37.3 Å². The maximum atomic E-state index is 11.0. The predicted octanol–water partition coefficient (Wildman–Crippen LogP) is 3.72. The zero-order valence-electron chi connectivity index (χ0n) is 15.1. The Morgan fingerprint density at radius 2 is 1.14 bits per heavy atom. The third-order valence-electron chi connectivity index (χ3n) is 4.43. The molecule has 3 aromatic carbocycles. The number of benzene rings is 3. The van der Waals surface area contributed by atoms with Crippen LogP contribution in [0, 0.1) is 21.2 Å². The molecule has 0 heterocycles. The molecule has 0 radical (unpaired) electrons. The first kappa shape index (κ1) is 24.4. The molecule has 0 spiro atoms. The van der Waals surface area contributed by atoms with E-state index in [1.165, 1.54) is 0 Å². The van der Waals surface area contributed by atoms with Crippen molar-refractivity contribution >= 4 is 86.4 Å². The summed E-state index contributed by atoms with van der Waals surface area (Å²) in [5.41, 5.74) is 5.03. The van der Waals surface area contributed by atoms with Crippen molar-refractivity contribution in [1.29, 1.82) is 0 Å². The maximum absolute atomic E-state index is 11.0. The summed E-state index contributed by atoms with van der Waals surface area (Å²) in [7, 11) is 0. The minimum atomic E-state index is -0.255. The van der Waals surface area contributed by atoms with Gasteiger partial charge in [0.15, 0.2) is 0 Å². The van der Waals surface area contributed by atoms with Crippen LogP contribution in [0.25, 0.3) is 0 Å². The molecule has 0 aliphatic rings. The van der Waals surface area contributed by atoms with E-state index in [0.717, 1.165) is 42.1 Å². The number of halogens is 5. The average molecular weight is 951 g/mol. The molecule has 0 saturated heterocycles. The van der Waals surface area contributed by atoms with Crippen LogP contribution >= 0.6 is 86.4 Å². The Labute approximate surface area is 230 Å². The first-order valence-electron chi connectivity index (χ1n) is 8.45. The molecule has 3 nitrogen and oxygen atoms in total. The van der Waals surface area contributed by atoms with Crippen LogP contribution in [0.5, 0.6) is 17.2 Å². The first-order chi connectivity index (χ1) is 13.7. The molecule has 0 aromatic heterocycles. The molecule has 0 aliphatic heterocycles. The van der Waals surface area contributed by atoms with Crippen LogP contribution < -0.4 is 17.2 Å². The van der Waals surface area contributed by atoms with Crippen molar-refractivity contribution in [3.8, 4) is 17.2 Å². The van der Waals surface area contributed by atoms with Gasteiger partial charge in [0.25, 0.3) is 0 Å². The molecule has 8 heteroatoms. The first-order valence-corrected chi connectivity index (χ1v) is 19.0. The zero-order valence-corrected chi connectivity index (χ0v) is 25.9. The van der Waals surface area contributed by atoms with Gasteiger partial charge in [-0.2, -0.15) is 0 Å². The third-order valence-corrected chi connectivity index (χ3v) is 11.1. The molecular weight excluding hydrogens is 935 g/mol. The van der Waals surface area contributed by atoms with E-state index in [2.05, 4.69) is 92.5 Å². The van der Waals surface area contributed by atoms with E-state index < -0.39 is 0 Å². The second-order valence-electron chi connectivity index (χ2n) is 6.67. The third kappa shape index (κ3) is 5.94. The fourth-order valence-electron chi connectivity index (χ4n) is 3.14. The fourth-order valence-corrected chi connectivity index (χ4v) is 9.33. The topological polar surface area (TPSA) is 60.7 Å². The summed E-state index contributed by atoms with van der Waals surface area (Å²) in [5, 5.41) is 31.2. The number of hydrogen-bond acceptors (Lipinski definition) is 3. The Hall–Kier alpha value is 0.710. The van der Waals surface area contributed by atoms with Crippen molar-refractivity contribution in [2.45, 2.75) is 19.8 Å². The van der Waals surface area contributed by atoms with Gasteiger partial charge < -0.3 is 5.11 Å². The molecule has 3 N–H and O–H groups in total. The average Bonchev–Trinajstić information content (AvgIpc) is 2.66. The van der Waals surface area contributed by atoms with Gasteiger partial charge in [0, 0.05) is 0 Å². The van der Waals surface area contributed by atoms with Crippen LogP contribution in [0.3, 0.4) is 0 Å². The summed E-state index contributed by atoms with van der Waals surface area (Å²) >= 11 is 8.53. The molecule has 29 heavy (non-hydrogen) atoms. The van der Waals surface area contributed by atoms with Gasteiger partial charge in [-0.3, -0.25) is 0 Å². The SMILES string of the molecule is Cc1cc(Cc2cc(I)c(O)c(I)c2)c(O)c(Cc2cc(I)c(O)c([I-]I)c2)c1. The van der Waals surface area contributed by atoms with Crippen LogP contribution in [0.15, 0.2) is 36.4 Å². The molecule has 0 fully saturated rings. The molecule has 0 bridgehead atoms. The summed E-state index contributed by atoms with van der Waals surface area (Å²) in [6.45, 7) is 2.04. The van der Waals surface area contributed by atoms with E-state index in [-0.39, 0.29) is 17.2 Å². The fraction of sp³-hybridized carbons (Fsp3) is 0.143. The molecule has 0 amide bonds. The van der Waals surface area contributed by atoms with Crippen molar-refractivity contribution in [2.24, 2.45) is 0 Å². The van der Waals surface area contributed by atoms with Crippen molar-refractivity contribution < 1.29 is 32.5 Å². The van der Waals surface area contributed by atoms with Crippen LogP contribution in [0.4, 0.5) is 0 Å². The molecule has 0 unspecified atom stereocenters. The normalized spacial score (nSPS) is 11.2. The number of phenolic OH excluding ortho intramolecular Hbond substituents is 3. The predicted molar refractivity (Wildman–Crippen MR) is 146 cm³/mol. The van der Waals surface area contributed by atoms with Crippen LogP contribution in [0.1, 0.15) is 27.8 Å². The molecule has 0 atom stereocenters. The van der Waals surface area contributed by atoms with Crippen LogP contribution in [-0.2, 0) is 12.8 Å². The summed E-state index contributed by atoms with van der Waals surface area (Å²) in [4.78, 5) is 0. The Balaban J connectivity index is 1.97. The zero-order chi connectivity index (χ0) is 21.3. The quantitative estimate of drug-likeness (QED) is 0.343. The molecule has 0 saturated carbocycles. The second kappa shape index (κ2) is 10.6. The van der Waals surface area contributed by atoms with Crippen molar-refractivity contribution in [2.75, 3.05) is 0 Å².